The van der Waals surface area contributed by atoms with E-state index in [2.05, 4.69) is 9.97 Å². The minimum Gasteiger partial charge on any atom is -0.455 e. The fourth-order valence-electron chi connectivity index (χ4n) is 2.63. The van der Waals surface area contributed by atoms with Crippen molar-refractivity contribution in [2.45, 2.75) is 27.4 Å². The molecular formula is C18H16ClN3O3. The van der Waals surface area contributed by atoms with E-state index in [9.17, 15) is 9.59 Å². The molecule has 3 rings (SSSR count). The largest absolute Gasteiger partial charge is 0.455 e. The number of nitrogens with zero attached hydrogens (tertiary/aromatic N) is 3. The average molecular weight is 358 g/mol. The van der Waals surface area contributed by atoms with E-state index in [1.165, 1.54) is 10.5 Å². The number of aryl methyl sites for hydroxylation is 3. The third-order valence-corrected chi connectivity index (χ3v) is 4.07. The fraction of sp³-hybridized carbons (Fsp3) is 0.222. The van der Waals surface area contributed by atoms with Gasteiger partial charge in [0.05, 0.1) is 11.3 Å². The van der Waals surface area contributed by atoms with Crippen molar-refractivity contribution in [2.75, 3.05) is 0 Å². The molecule has 0 aliphatic rings. The van der Waals surface area contributed by atoms with Crippen LogP contribution in [0.15, 0.2) is 35.3 Å². The second kappa shape index (κ2) is 6.64. The van der Waals surface area contributed by atoms with Crippen molar-refractivity contribution in [3.8, 4) is 0 Å². The Balaban J connectivity index is 1.87. The van der Waals surface area contributed by atoms with Gasteiger partial charge in [0.15, 0.2) is 0 Å². The molecule has 0 N–H and O–H groups in total. The first-order valence-corrected chi connectivity index (χ1v) is 8.03. The highest BCUT2D eigenvalue weighted by Gasteiger charge is 2.17. The summed E-state index contributed by atoms with van der Waals surface area (Å²) in [6, 6.07) is 6.74. The van der Waals surface area contributed by atoms with Crippen LogP contribution in [0.1, 0.15) is 32.9 Å². The Morgan fingerprint density at radius 1 is 1.20 bits per heavy atom. The van der Waals surface area contributed by atoms with Crippen molar-refractivity contribution in [3.63, 3.8) is 0 Å². The molecule has 0 unspecified atom stereocenters. The average Bonchev–Trinajstić information content (AvgIpc) is 2.53. The third-order valence-electron chi connectivity index (χ3n) is 3.80. The molecule has 0 radical (unpaired) electrons. The molecule has 0 spiro atoms. The number of halogens is 1. The van der Waals surface area contributed by atoms with Crippen LogP contribution >= 0.6 is 11.6 Å². The molecule has 25 heavy (non-hydrogen) atoms. The lowest BCUT2D eigenvalue weighted by Gasteiger charge is -2.10. The summed E-state index contributed by atoms with van der Waals surface area (Å²) in [6.45, 7) is 5.30. The van der Waals surface area contributed by atoms with Gasteiger partial charge in [0.1, 0.15) is 17.4 Å². The van der Waals surface area contributed by atoms with Crippen LogP contribution in [-0.4, -0.2) is 20.3 Å². The summed E-state index contributed by atoms with van der Waals surface area (Å²) < 4.78 is 6.74. The monoisotopic (exact) mass is 357 g/mol. The predicted octanol–water partition coefficient (Wildman–Crippen LogP) is 3.03. The highest BCUT2D eigenvalue weighted by molar-refractivity contribution is 6.32. The highest BCUT2D eigenvalue weighted by atomic mass is 35.5. The van der Waals surface area contributed by atoms with Crippen LogP contribution in [0.3, 0.4) is 0 Å². The summed E-state index contributed by atoms with van der Waals surface area (Å²) in [5, 5.41) is 0.102. The number of hydrogen-bond donors (Lipinski definition) is 0. The highest BCUT2D eigenvalue weighted by Crippen LogP contribution is 2.20. The van der Waals surface area contributed by atoms with Crippen LogP contribution in [0.5, 0.6) is 0 Å². The number of hydrogen-bond acceptors (Lipinski definition) is 5. The Morgan fingerprint density at radius 3 is 2.68 bits per heavy atom. The number of fused-ring (bicyclic) bond motifs is 1. The molecule has 0 aliphatic heterocycles. The molecule has 0 saturated carbocycles. The second-order valence-corrected chi connectivity index (χ2v) is 6.15. The molecule has 0 fully saturated rings. The predicted molar refractivity (Wildman–Crippen MR) is 94.0 cm³/mol. The van der Waals surface area contributed by atoms with E-state index in [1.807, 2.05) is 13.0 Å². The van der Waals surface area contributed by atoms with Gasteiger partial charge in [-0.2, -0.15) is 0 Å². The molecule has 0 saturated heterocycles. The molecule has 6 nitrogen and oxygen atoms in total. The lowest BCUT2D eigenvalue weighted by Crippen LogP contribution is -2.17. The van der Waals surface area contributed by atoms with E-state index in [1.54, 1.807) is 32.2 Å². The standard InChI is InChI=1S/C18H16ClN3O3/c1-10-5-4-6-22-14(23)8-13(21-17(10)22)9-25-18(24)15-11(2)7-12(3)20-16(15)19/h4-8H,9H2,1-3H3. The minimum atomic E-state index is -0.596. The van der Waals surface area contributed by atoms with Crippen LogP contribution in [-0.2, 0) is 11.3 Å². The molecule has 3 aromatic rings. The quantitative estimate of drug-likeness (QED) is 0.532. The summed E-state index contributed by atoms with van der Waals surface area (Å²) in [6.07, 6.45) is 1.65. The van der Waals surface area contributed by atoms with Crippen LogP contribution in [0, 0.1) is 20.8 Å². The molecular weight excluding hydrogens is 342 g/mol. The number of carbonyl (C=O) groups is 1. The first-order chi connectivity index (χ1) is 11.9. The second-order valence-electron chi connectivity index (χ2n) is 5.79. The van der Waals surface area contributed by atoms with Crippen molar-refractivity contribution in [2.24, 2.45) is 0 Å². The van der Waals surface area contributed by atoms with Crippen LogP contribution in [0.25, 0.3) is 5.65 Å². The molecule has 0 aromatic carbocycles. The maximum atomic E-state index is 12.3. The normalized spacial score (nSPS) is 10.9. The zero-order valence-corrected chi connectivity index (χ0v) is 14.8. The number of carbonyl (C=O) groups excluding carboxylic acids is 1. The van der Waals surface area contributed by atoms with Crippen molar-refractivity contribution >= 4 is 23.2 Å². The lowest BCUT2D eigenvalue weighted by molar-refractivity contribution is 0.0466. The van der Waals surface area contributed by atoms with Crippen molar-refractivity contribution in [1.29, 1.82) is 0 Å². The van der Waals surface area contributed by atoms with Gasteiger partial charge in [0, 0.05) is 18.0 Å². The maximum absolute atomic E-state index is 12.3. The van der Waals surface area contributed by atoms with Gasteiger partial charge in [-0.05, 0) is 44.0 Å². The van der Waals surface area contributed by atoms with E-state index in [0.29, 0.717) is 16.9 Å². The molecule has 3 aromatic heterocycles. The number of esters is 1. The zero-order chi connectivity index (χ0) is 18.1. The fourth-order valence-corrected chi connectivity index (χ4v) is 2.99. The van der Waals surface area contributed by atoms with Gasteiger partial charge in [-0.3, -0.25) is 9.20 Å². The van der Waals surface area contributed by atoms with Gasteiger partial charge in [0.25, 0.3) is 5.56 Å². The van der Waals surface area contributed by atoms with Crippen molar-refractivity contribution in [3.05, 3.63) is 74.0 Å². The first kappa shape index (κ1) is 17.1. The van der Waals surface area contributed by atoms with Crippen molar-refractivity contribution < 1.29 is 9.53 Å². The molecule has 0 bridgehead atoms. The Bertz CT molecular complexity index is 1020. The Morgan fingerprint density at radius 2 is 1.96 bits per heavy atom. The van der Waals surface area contributed by atoms with E-state index in [0.717, 1.165) is 11.3 Å². The van der Waals surface area contributed by atoms with Crippen molar-refractivity contribution in [1.82, 2.24) is 14.4 Å². The van der Waals surface area contributed by atoms with Crippen LogP contribution in [0.2, 0.25) is 5.15 Å². The van der Waals surface area contributed by atoms with Gasteiger partial charge in [-0.15, -0.1) is 0 Å². The number of aromatic nitrogens is 3. The Hall–Kier alpha value is -2.73. The lowest BCUT2D eigenvalue weighted by atomic mass is 10.1. The van der Waals surface area contributed by atoms with E-state index in [-0.39, 0.29) is 22.9 Å². The zero-order valence-electron chi connectivity index (χ0n) is 14.0. The van der Waals surface area contributed by atoms with Gasteiger partial charge in [0.2, 0.25) is 0 Å². The van der Waals surface area contributed by atoms with E-state index < -0.39 is 5.97 Å². The third kappa shape index (κ3) is 3.39. The number of pyridine rings is 2. The molecule has 128 valence electrons. The molecule has 7 heteroatoms. The van der Waals surface area contributed by atoms with Crippen LogP contribution < -0.4 is 5.56 Å². The molecule has 0 amide bonds. The summed E-state index contributed by atoms with van der Waals surface area (Å²) >= 11 is 6.05. The van der Waals surface area contributed by atoms with Gasteiger partial charge in [-0.25, -0.2) is 14.8 Å². The van der Waals surface area contributed by atoms with Gasteiger partial charge >= 0.3 is 5.97 Å². The summed E-state index contributed by atoms with van der Waals surface area (Å²) in [4.78, 5) is 33.0. The minimum absolute atomic E-state index is 0.102. The summed E-state index contributed by atoms with van der Waals surface area (Å²) in [5.41, 5.74) is 3.17. The summed E-state index contributed by atoms with van der Waals surface area (Å²) in [7, 11) is 0. The molecule has 3 heterocycles. The van der Waals surface area contributed by atoms with E-state index >= 15 is 0 Å². The smallest absolute Gasteiger partial charge is 0.341 e. The maximum Gasteiger partial charge on any atom is 0.341 e. The van der Waals surface area contributed by atoms with E-state index in [4.69, 9.17) is 16.3 Å². The van der Waals surface area contributed by atoms with Crippen LogP contribution in [0.4, 0.5) is 0 Å². The summed E-state index contributed by atoms with van der Waals surface area (Å²) in [5.74, 6) is -0.596. The van der Waals surface area contributed by atoms with Gasteiger partial charge < -0.3 is 4.74 Å². The Labute approximate surface area is 149 Å². The Kier molecular flexibility index (Phi) is 4.55. The molecule has 0 atom stereocenters. The molecule has 0 aliphatic carbocycles. The number of ether oxygens (including phenoxy) is 1. The SMILES string of the molecule is Cc1cc(C)c(C(=O)OCc2cc(=O)n3cccc(C)c3n2)c(Cl)n1. The van der Waals surface area contributed by atoms with Gasteiger partial charge in [-0.1, -0.05) is 17.7 Å². The number of rotatable bonds is 3. The first-order valence-electron chi connectivity index (χ1n) is 7.65. The topological polar surface area (TPSA) is 73.6 Å².